The van der Waals surface area contributed by atoms with E-state index in [-0.39, 0.29) is 11.5 Å². The van der Waals surface area contributed by atoms with E-state index in [0.717, 1.165) is 16.6 Å². The van der Waals surface area contributed by atoms with Gasteiger partial charge in [-0.15, -0.1) is 0 Å². The number of carbonyl (C=O) groups is 1. The molecule has 0 saturated heterocycles. The Kier molecular flexibility index (Phi) is 2.53. The highest BCUT2D eigenvalue weighted by Gasteiger charge is 2.20. The number of fused-ring (bicyclic) bond motifs is 1. The van der Waals surface area contributed by atoms with Gasteiger partial charge in [0.1, 0.15) is 11.4 Å². The summed E-state index contributed by atoms with van der Waals surface area (Å²) in [5, 5.41) is 23.5. The molecule has 3 aromatic rings. The SMILES string of the molecule is Cc1c(-c2cc(C(=O)O)on2)c2cccc(O)c2n1C. The summed E-state index contributed by atoms with van der Waals surface area (Å²) in [5.41, 5.74) is 2.75. The number of aromatic carboxylic acids is 1. The zero-order chi connectivity index (χ0) is 14.4. The summed E-state index contributed by atoms with van der Waals surface area (Å²) in [6.07, 6.45) is 0. The van der Waals surface area contributed by atoms with Crippen molar-refractivity contribution in [1.82, 2.24) is 9.72 Å². The van der Waals surface area contributed by atoms with E-state index in [0.29, 0.717) is 11.2 Å². The molecule has 2 heterocycles. The molecule has 102 valence electrons. The third-order valence-corrected chi connectivity index (χ3v) is 3.46. The summed E-state index contributed by atoms with van der Waals surface area (Å²) in [6, 6.07) is 6.58. The number of benzene rings is 1. The minimum Gasteiger partial charge on any atom is -0.506 e. The number of carboxylic acid groups (broad SMARTS) is 1. The first kappa shape index (κ1) is 12.3. The first-order valence-corrected chi connectivity index (χ1v) is 5.98. The highest BCUT2D eigenvalue weighted by atomic mass is 16.5. The van der Waals surface area contributed by atoms with Crippen LogP contribution in [0.4, 0.5) is 0 Å². The molecule has 6 nitrogen and oxygen atoms in total. The second-order valence-electron chi connectivity index (χ2n) is 4.57. The largest absolute Gasteiger partial charge is 0.506 e. The van der Waals surface area contributed by atoms with Crippen molar-refractivity contribution < 1.29 is 19.5 Å². The van der Waals surface area contributed by atoms with Crippen molar-refractivity contribution in [3.05, 3.63) is 35.7 Å². The zero-order valence-corrected chi connectivity index (χ0v) is 10.9. The van der Waals surface area contributed by atoms with Crippen molar-refractivity contribution >= 4 is 16.9 Å². The van der Waals surface area contributed by atoms with Gasteiger partial charge in [-0.3, -0.25) is 0 Å². The zero-order valence-electron chi connectivity index (χ0n) is 10.9. The standard InChI is InChI=1S/C14H12N2O4/c1-7-12(9-6-11(14(18)19)20-15-9)8-4-3-5-10(17)13(8)16(7)2/h3-6,17H,1-2H3,(H,18,19). The lowest BCUT2D eigenvalue weighted by molar-refractivity contribution is 0.0652. The van der Waals surface area contributed by atoms with Crippen molar-refractivity contribution in [1.29, 1.82) is 0 Å². The lowest BCUT2D eigenvalue weighted by Crippen LogP contribution is -1.92. The lowest BCUT2D eigenvalue weighted by Gasteiger charge is -2.00. The van der Waals surface area contributed by atoms with E-state index in [1.165, 1.54) is 6.07 Å². The summed E-state index contributed by atoms with van der Waals surface area (Å²) in [5.74, 6) is -1.21. The van der Waals surface area contributed by atoms with Crippen LogP contribution in [0.25, 0.3) is 22.2 Å². The highest BCUT2D eigenvalue weighted by molar-refractivity contribution is 6.00. The number of aromatic nitrogens is 2. The van der Waals surface area contributed by atoms with E-state index in [1.54, 1.807) is 12.1 Å². The van der Waals surface area contributed by atoms with Crippen LogP contribution < -0.4 is 0 Å². The molecular formula is C14H12N2O4. The van der Waals surface area contributed by atoms with Gasteiger partial charge >= 0.3 is 5.97 Å². The van der Waals surface area contributed by atoms with Crippen molar-refractivity contribution in [2.45, 2.75) is 6.92 Å². The van der Waals surface area contributed by atoms with Gasteiger partial charge in [0.25, 0.3) is 0 Å². The summed E-state index contributed by atoms with van der Waals surface area (Å²) >= 11 is 0. The molecule has 0 spiro atoms. The Bertz CT molecular complexity index is 829. The molecule has 0 unspecified atom stereocenters. The van der Waals surface area contributed by atoms with E-state index in [4.69, 9.17) is 9.63 Å². The van der Waals surface area contributed by atoms with Gasteiger partial charge in [0.15, 0.2) is 0 Å². The fourth-order valence-electron chi connectivity index (χ4n) is 2.43. The van der Waals surface area contributed by atoms with Gasteiger partial charge in [0.2, 0.25) is 5.76 Å². The predicted molar refractivity (Wildman–Crippen MR) is 71.8 cm³/mol. The van der Waals surface area contributed by atoms with Crippen LogP contribution in [0.3, 0.4) is 0 Å². The third-order valence-electron chi connectivity index (χ3n) is 3.46. The fraction of sp³-hybridized carbons (Fsp3) is 0.143. The fourth-order valence-corrected chi connectivity index (χ4v) is 2.43. The number of rotatable bonds is 2. The second kappa shape index (κ2) is 4.12. The molecule has 1 aromatic carbocycles. The van der Waals surface area contributed by atoms with Crippen LogP contribution in [0.2, 0.25) is 0 Å². The molecule has 0 fully saturated rings. The maximum atomic E-state index is 10.9. The van der Waals surface area contributed by atoms with E-state index >= 15 is 0 Å². The topological polar surface area (TPSA) is 88.5 Å². The Morgan fingerprint density at radius 2 is 2.15 bits per heavy atom. The molecule has 3 rings (SSSR count). The van der Waals surface area contributed by atoms with Crippen LogP contribution in [-0.4, -0.2) is 25.9 Å². The molecule has 2 aromatic heterocycles. The number of phenolic OH excluding ortho intramolecular Hbond substituents is 1. The smallest absolute Gasteiger partial charge is 0.374 e. The van der Waals surface area contributed by atoms with Crippen LogP contribution in [-0.2, 0) is 7.05 Å². The predicted octanol–water partition coefficient (Wildman–Crippen LogP) is 2.55. The number of aromatic hydroxyl groups is 1. The van der Waals surface area contributed by atoms with Crippen LogP contribution in [0, 0.1) is 6.92 Å². The molecule has 0 amide bonds. The van der Waals surface area contributed by atoms with E-state index in [1.807, 2.05) is 24.6 Å². The van der Waals surface area contributed by atoms with Crippen LogP contribution >= 0.6 is 0 Å². The van der Waals surface area contributed by atoms with Gasteiger partial charge in [0, 0.05) is 29.8 Å². The van der Waals surface area contributed by atoms with Gasteiger partial charge < -0.3 is 19.3 Å². The minimum atomic E-state index is -1.16. The summed E-state index contributed by atoms with van der Waals surface area (Å²) in [4.78, 5) is 10.9. The van der Waals surface area contributed by atoms with Gasteiger partial charge in [-0.1, -0.05) is 17.3 Å². The average Bonchev–Trinajstić information content (AvgIpc) is 2.96. The molecule has 0 radical (unpaired) electrons. The lowest BCUT2D eigenvalue weighted by atomic mass is 10.1. The second-order valence-corrected chi connectivity index (χ2v) is 4.57. The molecule has 0 saturated carbocycles. The Hall–Kier alpha value is -2.76. The van der Waals surface area contributed by atoms with Crippen molar-refractivity contribution in [3.63, 3.8) is 0 Å². The van der Waals surface area contributed by atoms with Crippen LogP contribution in [0.5, 0.6) is 5.75 Å². The summed E-state index contributed by atoms with van der Waals surface area (Å²) < 4.78 is 6.64. The molecule has 6 heteroatoms. The highest BCUT2D eigenvalue weighted by Crippen LogP contribution is 2.37. The van der Waals surface area contributed by atoms with Gasteiger partial charge in [-0.2, -0.15) is 0 Å². The monoisotopic (exact) mass is 272 g/mol. The molecular weight excluding hydrogens is 260 g/mol. The Morgan fingerprint density at radius 3 is 2.80 bits per heavy atom. The number of aryl methyl sites for hydroxylation is 1. The number of para-hydroxylation sites is 1. The number of hydrogen-bond donors (Lipinski definition) is 2. The van der Waals surface area contributed by atoms with E-state index in [2.05, 4.69) is 5.16 Å². The van der Waals surface area contributed by atoms with Crippen LogP contribution in [0.15, 0.2) is 28.8 Å². The van der Waals surface area contributed by atoms with Crippen molar-refractivity contribution in [3.8, 4) is 17.0 Å². The number of carboxylic acids is 1. The third kappa shape index (κ3) is 1.58. The number of phenols is 1. The molecule has 0 aliphatic carbocycles. The van der Waals surface area contributed by atoms with Crippen molar-refractivity contribution in [2.75, 3.05) is 0 Å². The van der Waals surface area contributed by atoms with Gasteiger partial charge in [-0.25, -0.2) is 4.79 Å². The van der Waals surface area contributed by atoms with Crippen molar-refractivity contribution in [2.24, 2.45) is 7.05 Å². The molecule has 0 bridgehead atoms. The summed E-state index contributed by atoms with van der Waals surface area (Å²) in [6.45, 7) is 1.88. The molecule has 0 aliphatic heterocycles. The molecule has 20 heavy (non-hydrogen) atoms. The molecule has 2 N–H and O–H groups in total. The molecule has 0 atom stereocenters. The number of nitrogens with zero attached hydrogens (tertiary/aromatic N) is 2. The quantitative estimate of drug-likeness (QED) is 0.748. The first-order chi connectivity index (χ1) is 9.50. The maximum absolute atomic E-state index is 10.9. The number of hydrogen-bond acceptors (Lipinski definition) is 4. The Morgan fingerprint density at radius 1 is 1.40 bits per heavy atom. The minimum absolute atomic E-state index is 0.168. The maximum Gasteiger partial charge on any atom is 0.374 e. The Balaban J connectivity index is 2.33. The van der Waals surface area contributed by atoms with E-state index in [9.17, 15) is 9.90 Å². The van der Waals surface area contributed by atoms with E-state index < -0.39 is 5.97 Å². The summed E-state index contributed by atoms with van der Waals surface area (Å²) in [7, 11) is 1.83. The van der Waals surface area contributed by atoms with Gasteiger partial charge in [-0.05, 0) is 13.0 Å². The first-order valence-electron chi connectivity index (χ1n) is 5.98. The Labute approximate surface area is 113 Å². The normalized spacial score (nSPS) is 11.1. The average molecular weight is 272 g/mol. The molecule has 0 aliphatic rings. The van der Waals surface area contributed by atoms with Crippen LogP contribution in [0.1, 0.15) is 16.2 Å². The van der Waals surface area contributed by atoms with Gasteiger partial charge in [0.05, 0.1) is 5.52 Å².